The Kier molecular flexibility index (Phi) is 5.92. The van der Waals surface area contributed by atoms with Crippen molar-refractivity contribution in [1.82, 2.24) is 15.3 Å². The van der Waals surface area contributed by atoms with E-state index >= 15 is 0 Å². The van der Waals surface area contributed by atoms with Gasteiger partial charge in [0.1, 0.15) is 17.2 Å². The van der Waals surface area contributed by atoms with E-state index in [1.807, 2.05) is 25.1 Å². The molecular weight excluding hydrogens is 388 g/mol. The van der Waals surface area contributed by atoms with Crippen molar-refractivity contribution in [1.29, 1.82) is 0 Å². The summed E-state index contributed by atoms with van der Waals surface area (Å²) in [7, 11) is 0. The number of anilines is 1. The molecule has 1 amide bonds. The van der Waals surface area contributed by atoms with Gasteiger partial charge in [-0.05, 0) is 38.0 Å². The Morgan fingerprint density at radius 1 is 1.24 bits per heavy atom. The molecule has 0 aliphatic heterocycles. The molecule has 4 rings (SSSR count). The lowest BCUT2D eigenvalue weighted by Crippen LogP contribution is -2.36. The molecule has 3 aromatic rings. The lowest BCUT2D eigenvalue weighted by molar-refractivity contribution is 0.0950. The Morgan fingerprint density at radius 3 is 2.90 bits per heavy atom. The first-order valence-corrected chi connectivity index (χ1v) is 10.7. The van der Waals surface area contributed by atoms with Crippen molar-refractivity contribution in [2.24, 2.45) is 0 Å². The van der Waals surface area contributed by atoms with Gasteiger partial charge in [-0.3, -0.25) is 9.78 Å². The fourth-order valence-electron chi connectivity index (χ4n) is 3.45. The van der Waals surface area contributed by atoms with E-state index in [4.69, 9.17) is 4.74 Å². The molecule has 1 saturated carbocycles. The minimum absolute atomic E-state index is 0.0598. The Hall–Kier alpha value is -2.71. The summed E-state index contributed by atoms with van der Waals surface area (Å²) in [6.45, 7) is 2.41. The number of benzene rings is 1. The van der Waals surface area contributed by atoms with Crippen LogP contribution in [0.1, 0.15) is 43.1 Å². The first-order valence-electron chi connectivity index (χ1n) is 9.89. The number of nitrogens with one attached hydrogen (secondary N) is 2. The number of aromatic nitrogens is 2. The molecule has 3 N–H and O–H groups in total. The molecule has 152 valence electrons. The monoisotopic (exact) mass is 412 g/mol. The number of rotatable bonds is 6. The summed E-state index contributed by atoms with van der Waals surface area (Å²) in [5.41, 5.74) is 1.20. The van der Waals surface area contributed by atoms with Gasteiger partial charge in [-0.25, -0.2) is 4.98 Å². The lowest BCUT2D eigenvalue weighted by atomic mass is 9.93. The van der Waals surface area contributed by atoms with Crippen molar-refractivity contribution in [3.8, 4) is 11.5 Å². The van der Waals surface area contributed by atoms with Gasteiger partial charge in [0, 0.05) is 24.9 Å². The molecule has 2 atom stereocenters. The van der Waals surface area contributed by atoms with Crippen LogP contribution in [0.15, 0.2) is 36.5 Å². The van der Waals surface area contributed by atoms with Gasteiger partial charge in [0.15, 0.2) is 5.13 Å². The van der Waals surface area contributed by atoms with E-state index in [-0.39, 0.29) is 18.1 Å². The number of pyridine rings is 1. The molecule has 0 spiro atoms. The van der Waals surface area contributed by atoms with Gasteiger partial charge in [0.2, 0.25) is 0 Å². The molecule has 0 bridgehead atoms. The van der Waals surface area contributed by atoms with Crippen LogP contribution in [0.5, 0.6) is 11.5 Å². The summed E-state index contributed by atoms with van der Waals surface area (Å²) in [5.74, 6) is 0.990. The lowest BCUT2D eigenvalue weighted by Gasteiger charge is -2.27. The fourth-order valence-corrected chi connectivity index (χ4v) is 4.41. The number of carbonyl (C=O) groups is 1. The molecular formula is C21H24N4O3S. The first-order chi connectivity index (χ1) is 14.1. The van der Waals surface area contributed by atoms with Crippen LogP contribution in [-0.2, 0) is 0 Å². The molecule has 7 nitrogen and oxygen atoms in total. The molecule has 0 radical (unpaired) electrons. The van der Waals surface area contributed by atoms with Crippen molar-refractivity contribution in [3.63, 3.8) is 0 Å². The van der Waals surface area contributed by atoms with Crippen molar-refractivity contribution >= 4 is 32.6 Å². The van der Waals surface area contributed by atoms with Crippen LogP contribution in [0.2, 0.25) is 0 Å². The topological polar surface area (TPSA) is 96.4 Å². The van der Waals surface area contributed by atoms with Crippen LogP contribution < -0.4 is 15.4 Å². The van der Waals surface area contributed by atoms with Gasteiger partial charge in [0.25, 0.3) is 5.91 Å². The molecule has 0 saturated heterocycles. The largest absolute Gasteiger partial charge is 0.457 e. The van der Waals surface area contributed by atoms with E-state index in [9.17, 15) is 9.90 Å². The summed E-state index contributed by atoms with van der Waals surface area (Å²) >= 11 is 1.54. The summed E-state index contributed by atoms with van der Waals surface area (Å²) in [5, 5.41) is 17.1. The number of carbonyl (C=O) groups excluding carboxylic acids is 1. The maximum Gasteiger partial charge on any atom is 0.270 e. The third-order valence-electron chi connectivity index (χ3n) is 4.94. The van der Waals surface area contributed by atoms with Crippen LogP contribution in [0.25, 0.3) is 10.2 Å². The first kappa shape index (κ1) is 19.6. The Balaban J connectivity index is 1.49. The van der Waals surface area contributed by atoms with Crippen LogP contribution in [0, 0.1) is 0 Å². The van der Waals surface area contributed by atoms with Crippen LogP contribution in [0.3, 0.4) is 0 Å². The van der Waals surface area contributed by atoms with Gasteiger partial charge in [-0.1, -0.05) is 24.2 Å². The second-order valence-electron chi connectivity index (χ2n) is 7.09. The van der Waals surface area contributed by atoms with Gasteiger partial charge < -0.3 is 20.5 Å². The maximum atomic E-state index is 12.0. The van der Waals surface area contributed by atoms with Gasteiger partial charge >= 0.3 is 0 Å². The number of fused-ring (bicyclic) bond motifs is 1. The van der Waals surface area contributed by atoms with E-state index in [1.54, 1.807) is 29.7 Å². The molecule has 1 aliphatic rings. The standard InChI is InChI=1S/C21H24N4O3S/c1-2-22-20(27)17-11-14(9-10-23-17)28-13-7-8-16-19(12-13)29-21(25-16)24-15-5-3-4-6-18(15)26/h7-12,15,18,26H,2-6H2,1H3,(H,22,27)(H,24,25)/t15-,18-/m1/s1. The quantitative estimate of drug-likeness (QED) is 0.567. The van der Waals surface area contributed by atoms with Crippen LogP contribution in [-0.4, -0.2) is 39.7 Å². The van der Waals surface area contributed by atoms with E-state index in [2.05, 4.69) is 20.6 Å². The zero-order valence-electron chi connectivity index (χ0n) is 16.2. The smallest absolute Gasteiger partial charge is 0.270 e. The Labute approximate surface area is 173 Å². The highest BCUT2D eigenvalue weighted by Gasteiger charge is 2.23. The maximum absolute atomic E-state index is 12.0. The van der Waals surface area contributed by atoms with Crippen molar-refractivity contribution in [2.75, 3.05) is 11.9 Å². The zero-order valence-corrected chi connectivity index (χ0v) is 17.0. The average molecular weight is 413 g/mol. The van der Waals surface area contributed by atoms with Crippen molar-refractivity contribution in [3.05, 3.63) is 42.2 Å². The summed E-state index contributed by atoms with van der Waals surface area (Å²) in [6, 6.07) is 9.10. The van der Waals surface area contributed by atoms with Gasteiger partial charge in [-0.2, -0.15) is 0 Å². The third kappa shape index (κ3) is 4.65. The highest BCUT2D eigenvalue weighted by Crippen LogP contribution is 2.33. The number of ether oxygens (including phenoxy) is 1. The van der Waals surface area contributed by atoms with E-state index < -0.39 is 0 Å². The summed E-state index contributed by atoms with van der Waals surface area (Å²) in [4.78, 5) is 20.7. The predicted octanol–water partition coefficient (Wildman–Crippen LogP) is 3.95. The minimum atomic E-state index is -0.319. The van der Waals surface area contributed by atoms with Gasteiger partial charge in [0.05, 0.1) is 22.4 Å². The molecule has 2 aromatic heterocycles. The summed E-state index contributed by atoms with van der Waals surface area (Å²) < 4.78 is 6.92. The van der Waals surface area contributed by atoms with Crippen LogP contribution >= 0.6 is 11.3 Å². The van der Waals surface area contributed by atoms with E-state index in [0.717, 1.165) is 41.0 Å². The Bertz CT molecular complexity index is 1010. The van der Waals surface area contributed by atoms with Crippen LogP contribution in [0.4, 0.5) is 5.13 Å². The predicted molar refractivity (Wildman–Crippen MR) is 114 cm³/mol. The number of hydrogen-bond acceptors (Lipinski definition) is 7. The SMILES string of the molecule is CCNC(=O)c1cc(Oc2ccc3nc(N[C@@H]4CCCC[C@H]4O)sc3c2)ccn1. The second kappa shape index (κ2) is 8.75. The minimum Gasteiger partial charge on any atom is -0.457 e. The molecule has 29 heavy (non-hydrogen) atoms. The fraction of sp³-hybridized carbons (Fsp3) is 0.381. The number of aliphatic hydroxyl groups is 1. The number of thiazole rings is 1. The number of amides is 1. The highest BCUT2D eigenvalue weighted by atomic mass is 32.1. The van der Waals surface area contributed by atoms with Crippen molar-refractivity contribution in [2.45, 2.75) is 44.8 Å². The molecule has 2 heterocycles. The molecule has 1 aromatic carbocycles. The molecule has 8 heteroatoms. The highest BCUT2D eigenvalue weighted by molar-refractivity contribution is 7.22. The molecule has 0 unspecified atom stereocenters. The second-order valence-corrected chi connectivity index (χ2v) is 8.12. The number of aliphatic hydroxyl groups excluding tert-OH is 1. The molecule has 1 aliphatic carbocycles. The van der Waals surface area contributed by atoms with E-state index in [1.165, 1.54) is 0 Å². The average Bonchev–Trinajstić information content (AvgIpc) is 3.12. The Morgan fingerprint density at radius 2 is 2.07 bits per heavy atom. The number of hydrogen-bond donors (Lipinski definition) is 3. The van der Waals surface area contributed by atoms with Crippen molar-refractivity contribution < 1.29 is 14.6 Å². The summed E-state index contributed by atoms with van der Waals surface area (Å²) in [6.07, 6.45) is 5.24. The van der Waals surface area contributed by atoms with E-state index in [0.29, 0.717) is 23.7 Å². The number of nitrogens with zero attached hydrogens (tertiary/aromatic N) is 2. The normalized spacial score (nSPS) is 19.1. The van der Waals surface area contributed by atoms with Gasteiger partial charge in [-0.15, -0.1) is 0 Å². The molecule has 1 fully saturated rings. The third-order valence-corrected chi connectivity index (χ3v) is 5.88. The zero-order chi connectivity index (χ0) is 20.2.